The van der Waals surface area contributed by atoms with Crippen LogP contribution in [0.1, 0.15) is 0 Å². The van der Waals surface area contributed by atoms with E-state index in [-0.39, 0.29) is 0 Å². The van der Waals surface area contributed by atoms with E-state index in [0.717, 1.165) is 76.7 Å². The number of nitrogens with two attached hydrogens (primary N) is 1. The van der Waals surface area contributed by atoms with Gasteiger partial charge in [-0.2, -0.15) is 0 Å². The molecule has 9 heteroatoms. The SMILES string of the molecule is COc1ccc(-c2nc3ccc(-c4nc5ccc(N6CCN(c7ccc(N)cc7)CC6)cc5[nH]4)cc3[nH]2)cc1OC. The van der Waals surface area contributed by atoms with Crippen molar-refractivity contribution in [3.05, 3.63) is 78.9 Å². The fraction of sp³-hybridized carbons (Fsp3) is 0.188. The predicted molar refractivity (Wildman–Crippen MR) is 165 cm³/mol. The molecule has 41 heavy (non-hydrogen) atoms. The van der Waals surface area contributed by atoms with Crippen molar-refractivity contribution >= 4 is 39.1 Å². The lowest BCUT2D eigenvalue weighted by atomic mass is 10.2. The van der Waals surface area contributed by atoms with Gasteiger partial charge in [0.2, 0.25) is 0 Å². The van der Waals surface area contributed by atoms with Gasteiger partial charge in [-0.1, -0.05) is 0 Å². The first kappa shape index (κ1) is 24.8. The van der Waals surface area contributed by atoms with Crippen LogP contribution in [-0.2, 0) is 0 Å². The molecule has 1 fully saturated rings. The van der Waals surface area contributed by atoms with E-state index in [1.807, 2.05) is 36.4 Å². The van der Waals surface area contributed by atoms with E-state index in [1.54, 1.807) is 14.2 Å². The molecule has 4 N–H and O–H groups in total. The van der Waals surface area contributed by atoms with Crippen LogP contribution in [0.25, 0.3) is 44.8 Å². The van der Waals surface area contributed by atoms with Crippen molar-refractivity contribution in [1.29, 1.82) is 0 Å². The number of aromatic amines is 2. The molecule has 3 heterocycles. The Hall–Kier alpha value is -5.18. The maximum absolute atomic E-state index is 5.86. The number of methoxy groups -OCH3 is 2. The van der Waals surface area contributed by atoms with Crippen molar-refractivity contribution < 1.29 is 9.47 Å². The molecule has 0 amide bonds. The maximum atomic E-state index is 5.86. The lowest BCUT2D eigenvalue weighted by Crippen LogP contribution is -2.46. The van der Waals surface area contributed by atoms with Crippen LogP contribution in [-0.4, -0.2) is 60.3 Å². The highest BCUT2D eigenvalue weighted by Gasteiger charge is 2.19. The second kappa shape index (κ2) is 10.1. The number of imidazole rings is 2. The third-order valence-electron chi connectivity index (χ3n) is 7.78. The number of piperazine rings is 1. The minimum Gasteiger partial charge on any atom is -0.493 e. The largest absolute Gasteiger partial charge is 0.493 e. The van der Waals surface area contributed by atoms with Gasteiger partial charge in [0.15, 0.2) is 11.5 Å². The van der Waals surface area contributed by atoms with Crippen molar-refractivity contribution in [3.8, 4) is 34.3 Å². The topological polar surface area (TPSA) is 108 Å². The molecule has 1 aliphatic rings. The Morgan fingerprint density at radius 2 is 1.15 bits per heavy atom. The van der Waals surface area contributed by atoms with E-state index in [4.69, 9.17) is 25.2 Å². The first-order valence-corrected chi connectivity index (χ1v) is 13.7. The molecule has 0 atom stereocenters. The fourth-order valence-corrected chi connectivity index (χ4v) is 5.52. The number of hydrogen-bond donors (Lipinski definition) is 3. The lowest BCUT2D eigenvalue weighted by Gasteiger charge is -2.37. The van der Waals surface area contributed by atoms with Gasteiger partial charge in [-0.15, -0.1) is 0 Å². The number of hydrogen-bond acceptors (Lipinski definition) is 7. The molecule has 0 radical (unpaired) electrons. The molecule has 0 unspecified atom stereocenters. The van der Waals surface area contributed by atoms with Crippen molar-refractivity contribution in [2.75, 3.05) is 55.9 Å². The summed E-state index contributed by atoms with van der Waals surface area (Å²) in [7, 11) is 3.26. The molecule has 206 valence electrons. The summed E-state index contributed by atoms with van der Waals surface area (Å²) in [5, 5.41) is 0. The monoisotopic (exact) mass is 545 g/mol. The Labute approximate surface area is 237 Å². The number of fused-ring (bicyclic) bond motifs is 2. The minimum atomic E-state index is 0.663. The van der Waals surface area contributed by atoms with E-state index < -0.39 is 0 Å². The van der Waals surface area contributed by atoms with Crippen LogP contribution in [0, 0.1) is 0 Å². The third-order valence-corrected chi connectivity index (χ3v) is 7.78. The Bertz CT molecular complexity index is 1850. The zero-order chi connectivity index (χ0) is 27.9. The molecule has 0 bridgehead atoms. The van der Waals surface area contributed by atoms with Gasteiger partial charge in [0, 0.05) is 54.4 Å². The average Bonchev–Trinajstić information content (AvgIpc) is 3.65. The Balaban J connectivity index is 1.11. The van der Waals surface area contributed by atoms with Crippen molar-refractivity contribution in [2.24, 2.45) is 0 Å². The Morgan fingerprint density at radius 1 is 0.610 bits per heavy atom. The molecule has 6 aromatic rings. The normalized spacial score (nSPS) is 13.7. The van der Waals surface area contributed by atoms with Gasteiger partial charge in [0.1, 0.15) is 11.6 Å². The van der Waals surface area contributed by atoms with E-state index in [2.05, 4.69) is 62.2 Å². The molecule has 4 aromatic carbocycles. The molecular weight excluding hydrogens is 514 g/mol. The van der Waals surface area contributed by atoms with Gasteiger partial charge in [-0.25, -0.2) is 9.97 Å². The summed E-state index contributed by atoms with van der Waals surface area (Å²) in [6.45, 7) is 3.84. The standard InChI is InChI=1S/C32H31N7O2/c1-40-29-12-4-21(18-30(29)41-2)32-34-25-10-3-20(17-27(25)36-32)31-35-26-11-9-24(19-28(26)37-31)39-15-13-38(14-16-39)23-7-5-22(33)6-8-23/h3-12,17-19H,13-16,33H2,1-2H3,(H,34,36)(H,35,37). The zero-order valence-corrected chi connectivity index (χ0v) is 23.0. The van der Waals surface area contributed by atoms with Crippen LogP contribution in [0.4, 0.5) is 17.1 Å². The first-order chi connectivity index (χ1) is 20.1. The van der Waals surface area contributed by atoms with Crippen LogP contribution in [0.5, 0.6) is 11.5 Å². The van der Waals surface area contributed by atoms with Crippen LogP contribution in [0.2, 0.25) is 0 Å². The summed E-state index contributed by atoms with van der Waals surface area (Å²) >= 11 is 0. The molecule has 0 saturated carbocycles. The summed E-state index contributed by atoms with van der Waals surface area (Å²) in [5.74, 6) is 2.94. The van der Waals surface area contributed by atoms with E-state index >= 15 is 0 Å². The van der Waals surface area contributed by atoms with Gasteiger partial charge in [-0.3, -0.25) is 0 Å². The lowest BCUT2D eigenvalue weighted by molar-refractivity contribution is 0.355. The molecule has 0 spiro atoms. The third kappa shape index (κ3) is 4.65. The number of nitrogens with zero attached hydrogens (tertiary/aromatic N) is 4. The Kier molecular flexibility index (Phi) is 6.11. The molecule has 1 aliphatic heterocycles. The van der Waals surface area contributed by atoms with E-state index in [1.165, 1.54) is 11.4 Å². The molecule has 1 saturated heterocycles. The average molecular weight is 546 g/mol. The minimum absolute atomic E-state index is 0.663. The van der Waals surface area contributed by atoms with Gasteiger partial charge < -0.3 is 35.0 Å². The Morgan fingerprint density at radius 3 is 1.80 bits per heavy atom. The predicted octanol–water partition coefficient (Wildman–Crippen LogP) is 5.70. The zero-order valence-electron chi connectivity index (χ0n) is 23.0. The maximum Gasteiger partial charge on any atom is 0.161 e. The number of rotatable bonds is 6. The smallest absolute Gasteiger partial charge is 0.161 e. The molecular formula is C32H31N7O2. The van der Waals surface area contributed by atoms with Crippen LogP contribution in [0.3, 0.4) is 0 Å². The molecule has 9 nitrogen and oxygen atoms in total. The highest BCUT2D eigenvalue weighted by Crippen LogP contribution is 2.33. The van der Waals surface area contributed by atoms with Gasteiger partial charge in [0.05, 0.1) is 36.3 Å². The summed E-state index contributed by atoms with van der Waals surface area (Å²) in [6, 6.07) is 26.5. The van der Waals surface area contributed by atoms with Crippen molar-refractivity contribution in [1.82, 2.24) is 19.9 Å². The highest BCUT2D eigenvalue weighted by molar-refractivity contribution is 5.87. The number of anilines is 3. The molecule has 7 rings (SSSR count). The second-order valence-electron chi connectivity index (χ2n) is 10.2. The molecule has 2 aromatic heterocycles. The van der Waals surface area contributed by atoms with Crippen LogP contribution < -0.4 is 25.0 Å². The fourth-order valence-electron chi connectivity index (χ4n) is 5.52. The highest BCUT2D eigenvalue weighted by atomic mass is 16.5. The van der Waals surface area contributed by atoms with Gasteiger partial charge in [-0.05, 0) is 78.9 Å². The van der Waals surface area contributed by atoms with Crippen molar-refractivity contribution in [3.63, 3.8) is 0 Å². The van der Waals surface area contributed by atoms with Gasteiger partial charge >= 0.3 is 0 Å². The van der Waals surface area contributed by atoms with E-state index in [9.17, 15) is 0 Å². The number of aromatic nitrogens is 4. The quantitative estimate of drug-likeness (QED) is 0.231. The summed E-state index contributed by atoms with van der Waals surface area (Å²) in [4.78, 5) is 21.5. The molecule has 0 aliphatic carbocycles. The number of nitrogens with one attached hydrogen (secondary N) is 2. The summed E-state index contributed by atoms with van der Waals surface area (Å²) in [5.41, 5.74) is 14.8. The van der Waals surface area contributed by atoms with Crippen LogP contribution in [0.15, 0.2) is 78.9 Å². The van der Waals surface area contributed by atoms with E-state index in [0.29, 0.717) is 11.5 Å². The summed E-state index contributed by atoms with van der Waals surface area (Å²) in [6.07, 6.45) is 0. The second-order valence-corrected chi connectivity index (χ2v) is 10.2. The van der Waals surface area contributed by atoms with Crippen molar-refractivity contribution in [2.45, 2.75) is 0 Å². The van der Waals surface area contributed by atoms with Gasteiger partial charge in [0.25, 0.3) is 0 Å². The van der Waals surface area contributed by atoms with Crippen LogP contribution >= 0.6 is 0 Å². The number of nitrogen functional groups attached to an aromatic ring is 1. The first-order valence-electron chi connectivity index (χ1n) is 13.7. The number of H-pyrrole nitrogens is 2. The summed E-state index contributed by atoms with van der Waals surface area (Å²) < 4.78 is 10.8. The number of benzene rings is 4. The number of ether oxygens (including phenoxy) is 2.